The van der Waals surface area contributed by atoms with Crippen LogP contribution in [0.4, 0.5) is 0 Å². The summed E-state index contributed by atoms with van der Waals surface area (Å²) < 4.78 is 9.83. The summed E-state index contributed by atoms with van der Waals surface area (Å²) in [6.45, 7) is 0.0937. The molecule has 0 aromatic heterocycles. The molecule has 0 atom stereocenters. The average molecular weight is 278 g/mol. The van der Waals surface area contributed by atoms with Gasteiger partial charge in [-0.05, 0) is 0 Å². The predicted octanol–water partition coefficient (Wildman–Crippen LogP) is -0.228. The first-order chi connectivity index (χ1) is 9.47. The van der Waals surface area contributed by atoms with E-state index in [4.69, 9.17) is 9.47 Å². The van der Waals surface area contributed by atoms with Gasteiger partial charge in [-0.25, -0.2) is 0 Å². The molecule has 0 spiro atoms. The zero-order valence-electron chi connectivity index (χ0n) is 11.4. The largest absolute Gasteiger partial charge is 0.499 e. The summed E-state index contributed by atoms with van der Waals surface area (Å²) in [4.78, 5) is 37.7. The second kappa shape index (κ2) is 5.20. The monoisotopic (exact) mass is 278 g/mol. The number of amides is 3. The van der Waals surface area contributed by atoms with Crippen molar-refractivity contribution < 1.29 is 23.9 Å². The Morgan fingerprint density at radius 3 is 2.45 bits per heavy atom. The summed E-state index contributed by atoms with van der Waals surface area (Å²) in [5.74, 6) is -0.719. The molecule has 0 saturated carbocycles. The van der Waals surface area contributed by atoms with Crippen LogP contribution >= 0.6 is 0 Å². The zero-order chi connectivity index (χ0) is 14.9. The van der Waals surface area contributed by atoms with Crippen molar-refractivity contribution in [3.8, 4) is 0 Å². The van der Waals surface area contributed by atoms with Crippen LogP contribution in [0.15, 0.2) is 35.4 Å². The summed E-state index contributed by atoms with van der Waals surface area (Å²) in [5.41, 5.74) is 0.371. The van der Waals surface area contributed by atoms with E-state index in [1.165, 1.54) is 44.4 Å². The maximum atomic E-state index is 12.1. The van der Waals surface area contributed by atoms with E-state index in [1.807, 2.05) is 0 Å². The van der Waals surface area contributed by atoms with E-state index in [0.29, 0.717) is 11.5 Å². The van der Waals surface area contributed by atoms with Gasteiger partial charge in [0.25, 0.3) is 17.7 Å². The van der Waals surface area contributed by atoms with E-state index in [1.54, 1.807) is 0 Å². The normalized spacial score (nSPS) is 20.4. The molecule has 20 heavy (non-hydrogen) atoms. The SMILES string of the molecule is COC1=CC(=O)N(C(=O)C=C2C=C(OC)C(=O)N2C)C1. The molecular weight excluding hydrogens is 264 g/mol. The fourth-order valence-corrected chi connectivity index (χ4v) is 1.87. The Hall–Kier alpha value is -2.57. The number of methoxy groups -OCH3 is 2. The first kappa shape index (κ1) is 13.9. The van der Waals surface area contributed by atoms with Crippen molar-refractivity contribution >= 4 is 17.7 Å². The van der Waals surface area contributed by atoms with Crippen molar-refractivity contribution in [3.05, 3.63) is 35.4 Å². The molecule has 0 N–H and O–H groups in total. The van der Waals surface area contributed by atoms with Gasteiger partial charge in [0.2, 0.25) is 0 Å². The first-order valence-electron chi connectivity index (χ1n) is 5.83. The highest BCUT2D eigenvalue weighted by Crippen LogP contribution is 2.20. The maximum Gasteiger partial charge on any atom is 0.293 e. The molecule has 3 amide bonds. The lowest BCUT2D eigenvalue weighted by Crippen LogP contribution is -2.32. The van der Waals surface area contributed by atoms with Gasteiger partial charge in [-0.3, -0.25) is 19.3 Å². The van der Waals surface area contributed by atoms with E-state index in [2.05, 4.69) is 0 Å². The number of ether oxygens (including phenoxy) is 2. The lowest BCUT2D eigenvalue weighted by atomic mass is 10.3. The molecule has 106 valence electrons. The lowest BCUT2D eigenvalue weighted by Gasteiger charge is -2.14. The van der Waals surface area contributed by atoms with E-state index >= 15 is 0 Å². The Morgan fingerprint density at radius 1 is 1.25 bits per heavy atom. The van der Waals surface area contributed by atoms with Crippen LogP contribution in [-0.4, -0.2) is 55.3 Å². The van der Waals surface area contributed by atoms with E-state index in [9.17, 15) is 14.4 Å². The minimum absolute atomic E-state index is 0.0937. The van der Waals surface area contributed by atoms with Crippen LogP contribution in [0.25, 0.3) is 0 Å². The van der Waals surface area contributed by atoms with E-state index in [-0.39, 0.29) is 18.2 Å². The van der Waals surface area contributed by atoms with Gasteiger partial charge in [0, 0.05) is 25.3 Å². The minimum atomic E-state index is -0.512. The number of likely N-dealkylation sites (N-methyl/N-ethyl adjacent to an activating group) is 1. The van der Waals surface area contributed by atoms with Crippen molar-refractivity contribution in [1.29, 1.82) is 0 Å². The number of carbonyl (C=O) groups excluding carboxylic acids is 3. The second-order valence-corrected chi connectivity index (χ2v) is 4.22. The standard InChI is InChI=1S/C13H14N2O5/c1-14-8(4-10(20-3)13(14)18)5-11(16)15-7-9(19-2)6-12(15)17/h4-6H,7H2,1-3H3. The number of rotatable bonds is 3. The van der Waals surface area contributed by atoms with Crippen molar-refractivity contribution in [1.82, 2.24) is 9.80 Å². The number of hydrogen-bond acceptors (Lipinski definition) is 5. The molecule has 2 heterocycles. The summed E-state index contributed by atoms with van der Waals surface area (Å²) in [6.07, 6.45) is 3.93. The van der Waals surface area contributed by atoms with Gasteiger partial charge >= 0.3 is 0 Å². The molecule has 0 unspecified atom stereocenters. The van der Waals surface area contributed by atoms with Gasteiger partial charge in [0.05, 0.1) is 26.5 Å². The molecule has 0 bridgehead atoms. The molecule has 0 aromatic rings. The summed E-state index contributed by atoms with van der Waals surface area (Å²) >= 11 is 0. The number of imide groups is 1. The number of nitrogens with zero attached hydrogens (tertiary/aromatic N) is 2. The van der Waals surface area contributed by atoms with Crippen LogP contribution in [0, 0.1) is 0 Å². The van der Waals surface area contributed by atoms with Gasteiger partial charge in [-0.15, -0.1) is 0 Å². The highest BCUT2D eigenvalue weighted by molar-refractivity contribution is 6.08. The van der Waals surface area contributed by atoms with Crippen molar-refractivity contribution in [3.63, 3.8) is 0 Å². The molecule has 2 rings (SSSR count). The van der Waals surface area contributed by atoms with Gasteiger partial charge in [-0.2, -0.15) is 0 Å². The molecule has 2 aliphatic heterocycles. The van der Waals surface area contributed by atoms with E-state index in [0.717, 1.165) is 4.90 Å². The van der Waals surface area contributed by atoms with Gasteiger partial charge < -0.3 is 14.4 Å². The topological polar surface area (TPSA) is 76.1 Å². The maximum absolute atomic E-state index is 12.1. The first-order valence-corrected chi connectivity index (χ1v) is 5.83. The smallest absolute Gasteiger partial charge is 0.293 e. The Balaban J connectivity index is 2.17. The van der Waals surface area contributed by atoms with Crippen LogP contribution in [0.3, 0.4) is 0 Å². The quantitative estimate of drug-likeness (QED) is 0.667. The molecule has 0 aliphatic carbocycles. The zero-order valence-corrected chi connectivity index (χ0v) is 11.4. The van der Waals surface area contributed by atoms with Crippen molar-refractivity contribution in [2.24, 2.45) is 0 Å². The van der Waals surface area contributed by atoms with Crippen LogP contribution < -0.4 is 0 Å². The summed E-state index contributed by atoms with van der Waals surface area (Å²) in [7, 11) is 4.33. The molecule has 7 heteroatoms. The molecule has 0 fully saturated rings. The third-order valence-corrected chi connectivity index (χ3v) is 3.07. The third kappa shape index (κ3) is 2.29. The highest BCUT2D eigenvalue weighted by Gasteiger charge is 2.30. The minimum Gasteiger partial charge on any atom is -0.499 e. The average Bonchev–Trinajstić information content (AvgIpc) is 2.93. The fourth-order valence-electron chi connectivity index (χ4n) is 1.87. The Labute approximate surface area is 115 Å². The second-order valence-electron chi connectivity index (χ2n) is 4.22. The lowest BCUT2D eigenvalue weighted by molar-refractivity contribution is -0.137. The van der Waals surface area contributed by atoms with Gasteiger partial charge in [0.1, 0.15) is 5.76 Å². The predicted molar refractivity (Wildman–Crippen MR) is 67.8 cm³/mol. The van der Waals surface area contributed by atoms with E-state index < -0.39 is 11.8 Å². The van der Waals surface area contributed by atoms with Crippen LogP contribution in [-0.2, 0) is 23.9 Å². The Morgan fingerprint density at radius 2 is 1.95 bits per heavy atom. The van der Waals surface area contributed by atoms with Crippen molar-refractivity contribution in [2.45, 2.75) is 0 Å². The highest BCUT2D eigenvalue weighted by atomic mass is 16.5. The molecule has 0 saturated heterocycles. The Bertz CT molecular complexity index is 573. The molecule has 0 radical (unpaired) electrons. The molecular formula is C13H14N2O5. The van der Waals surface area contributed by atoms with Crippen LogP contribution in [0.5, 0.6) is 0 Å². The number of carbonyl (C=O) groups is 3. The molecule has 2 aliphatic rings. The van der Waals surface area contributed by atoms with Gasteiger partial charge in [0.15, 0.2) is 5.76 Å². The summed E-state index contributed by atoms with van der Waals surface area (Å²) in [6, 6.07) is 0. The molecule has 0 aromatic carbocycles. The number of hydrogen-bond donors (Lipinski definition) is 0. The third-order valence-electron chi connectivity index (χ3n) is 3.07. The van der Waals surface area contributed by atoms with Crippen LogP contribution in [0.1, 0.15) is 0 Å². The van der Waals surface area contributed by atoms with Crippen LogP contribution in [0.2, 0.25) is 0 Å². The fraction of sp³-hybridized carbons (Fsp3) is 0.308. The number of allylic oxidation sites excluding steroid dienone is 1. The Kier molecular flexibility index (Phi) is 3.60. The van der Waals surface area contributed by atoms with Crippen molar-refractivity contribution in [2.75, 3.05) is 27.8 Å². The molecule has 7 nitrogen and oxygen atoms in total. The summed E-state index contributed by atoms with van der Waals surface area (Å²) in [5, 5.41) is 0. The van der Waals surface area contributed by atoms with Gasteiger partial charge in [-0.1, -0.05) is 0 Å².